The second kappa shape index (κ2) is 7.05. The lowest BCUT2D eigenvalue weighted by Crippen LogP contribution is -2.45. The fraction of sp³-hybridized carbons (Fsp3) is 0.368. The predicted molar refractivity (Wildman–Crippen MR) is 88.0 cm³/mol. The van der Waals surface area contributed by atoms with E-state index in [0.717, 1.165) is 0 Å². The van der Waals surface area contributed by atoms with E-state index in [0.29, 0.717) is 5.56 Å². The van der Waals surface area contributed by atoms with Crippen molar-refractivity contribution < 1.29 is 22.4 Å². The molecule has 0 aliphatic heterocycles. The molecular formula is C19H18F4N2O. The first-order valence-corrected chi connectivity index (χ1v) is 8.34. The molecule has 0 radical (unpaired) electrons. The maximum absolute atomic E-state index is 13.8. The Morgan fingerprint density at radius 2 is 1.73 bits per heavy atom. The van der Waals surface area contributed by atoms with Crippen LogP contribution in [0.3, 0.4) is 0 Å². The van der Waals surface area contributed by atoms with Crippen LogP contribution in [-0.2, 0) is 5.41 Å². The third-order valence-corrected chi connectivity index (χ3v) is 4.98. The van der Waals surface area contributed by atoms with E-state index in [2.05, 4.69) is 10.3 Å². The summed E-state index contributed by atoms with van der Waals surface area (Å²) in [6.07, 6.45) is 0.879. The van der Waals surface area contributed by atoms with Gasteiger partial charge in [-0.2, -0.15) is 4.39 Å². The van der Waals surface area contributed by atoms with E-state index >= 15 is 0 Å². The molecule has 0 saturated heterocycles. The average molecular weight is 366 g/mol. The van der Waals surface area contributed by atoms with E-state index in [-0.39, 0.29) is 37.8 Å². The van der Waals surface area contributed by atoms with Gasteiger partial charge in [0, 0.05) is 31.0 Å². The second-order valence-electron chi connectivity index (χ2n) is 6.67. The minimum atomic E-state index is -2.76. The van der Waals surface area contributed by atoms with Gasteiger partial charge in [-0.25, -0.2) is 18.2 Å². The van der Waals surface area contributed by atoms with Crippen molar-refractivity contribution in [1.29, 1.82) is 0 Å². The monoisotopic (exact) mass is 366 g/mol. The summed E-state index contributed by atoms with van der Waals surface area (Å²) in [4.78, 5) is 15.9. The molecule has 1 fully saturated rings. The van der Waals surface area contributed by atoms with E-state index in [1.54, 1.807) is 6.07 Å². The van der Waals surface area contributed by atoms with Gasteiger partial charge in [-0.3, -0.25) is 4.79 Å². The van der Waals surface area contributed by atoms with Crippen LogP contribution in [0.2, 0.25) is 0 Å². The van der Waals surface area contributed by atoms with Crippen LogP contribution in [0.25, 0.3) is 0 Å². The molecule has 1 amide bonds. The minimum Gasteiger partial charge on any atom is -0.351 e. The number of benzene rings is 1. The van der Waals surface area contributed by atoms with Crippen molar-refractivity contribution in [1.82, 2.24) is 10.3 Å². The first-order chi connectivity index (χ1) is 12.3. The molecule has 1 aromatic heterocycles. The summed E-state index contributed by atoms with van der Waals surface area (Å²) < 4.78 is 54.2. The van der Waals surface area contributed by atoms with Gasteiger partial charge in [-0.05, 0) is 36.6 Å². The molecule has 7 heteroatoms. The van der Waals surface area contributed by atoms with Gasteiger partial charge in [0.05, 0.1) is 5.56 Å². The molecule has 3 nitrogen and oxygen atoms in total. The normalized spacial score (nSPS) is 18.3. The van der Waals surface area contributed by atoms with Gasteiger partial charge >= 0.3 is 0 Å². The van der Waals surface area contributed by atoms with Crippen molar-refractivity contribution in [2.24, 2.45) is 0 Å². The highest BCUT2D eigenvalue weighted by molar-refractivity contribution is 5.94. The number of halogens is 4. The fourth-order valence-corrected chi connectivity index (χ4v) is 3.34. The topological polar surface area (TPSA) is 42.0 Å². The Morgan fingerprint density at radius 1 is 1.04 bits per heavy atom. The molecular weight excluding hydrogens is 348 g/mol. The molecule has 1 aromatic carbocycles. The maximum atomic E-state index is 13.8. The summed E-state index contributed by atoms with van der Waals surface area (Å²) >= 11 is 0. The number of hydrogen-bond donors (Lipinski definition) is 1. The van der Waals surface area contributed by atoms with Gasteiger partial charge < -0.3 is 5.32 Å². The van der Waals surface area contributed by atoms with Crippen molar-refractivity contribution in [3.63, 3.8) is 0 Å². The highest BCUT2D eigenvalue weighted by Crippen LogP contribution is 2.45. The van der Waals surface area contributed by atoms with E-state index in [1.807, 2.05) is 0 Å². The van der Waals surface area contributed by atoms with Crippen LogP contribution in [-0.4, -0.2) is 23.4 Å². The smallest absolute Gasteiger partial charge is 0.254 e. The lowest BCUT2D eigenvalue weighted by Gasteiger charge is -2.40. The first kappa shape index (κ1) is 18.4. The van der Waals surface area contributed by atoms with Gasteiger partial charge in [-0.1, -0.05) is 18.2 Å². The number of amides is 1. The molecule has 1 N–H and O–H groups in total. The van der Waals surface area contributed by atoms with Crippen molar-refractivity contribution in [3.8, 4) is 0 Å². The molecule has 3 rings (SSSR count). The highest BCUT2D eigenvalue weighted by Gasteiger charge is 2.44. The van der Waals surface area contributed by atoms with Crippen LogP contribution < -0.4 is 5.32 Å². The predicted octanol–water partition coefficient (Wildman–Crippen LogP) is 4.24. The van der Waals surface area contributed by atoms with Crippen LogP contribution in [0, 0.1) is 11.8 Å². The Hall–Kier alpha value is -2.44. The maximum Gasteiger partial charge on any atom is 0.254 e. The molecule has 0 atom stereocenters. The summed E-state index contributed by atoms with van der Waals surface area (Å²) in [5.41, 5.74) is -0.312. The summed E-state index contributed by atoms with van der Waals surface area (Å²) in [7, 11) is 0. The highest BCUT2D eigenvalue weighted by atomic mass is 19.3. The summed E-state index contributed by atoms with van der Waals surface area (Å²) in [5.74, 6) is -4.69. The van der Waals surface area contributed by atoms with Crippen LogP contribution in [0.15, 0.2) is 42.6 Å². The number of aromatic nitrogens is 1. The number of alkyl halides is 2. The van der Waals surface area contributed by atoms with E-state index in [4.69, 9.17) is 0 Å². The van der Waals surface area contributed by atoms with E-state index in [9.17, 15) is 22.4 Å². The molecule has 138 valence electrons. The number of carbonyl (C=O) groups excluding carboxylic acids is 1. The number of rotatable bonds is 4. The lowest BCUT2D eigenvalue weighted by molar-refractivity contribution is -0.0516. The Balaban J connectivity index is 1.82. The molecule has 1 saturated carbocycles. The van der Waals surface area contributed by atoms with Crippen molar-refractivity contribution in [3.05, 3.63) is 65.5 Å². The molecule has 0 bridgehead atoms. The van der Waals surface area contributed by atoms with Gasteiger partial charge in [0.25, 0.3) is 5.91 Å². The Bertz CT molecular complexity index is 782. The lowest BCUT2D eigenvalue weighted by atomic mass is 9.68. The van der Waals surface area contributed by atoms with Gasteiger partial charge in [0.1, 0.15) is 5.82 Å². The van der Waals surface area contributed by atoms with Crippen LogP contribution in [0.4, 0.5) is 17.6 Å². The zero-order valence-corrected chi connectivity index (χ0v) is 13.9. The van der Waals surface area contributed by atoms with Gasteiger partial charge in [0.15, 0.2) is 0 Å². The van der Waals surface area contributed by atoms with Gasteiger partial charge in [0.2, 0.25) is 11.9 Å². The largest absolute Gasteiger partial charge is 0.351 e. The third kappa shape index (κ3) is 3.86. The zero-order chi connectivity index (χ0) is 18.8. The molecule has 0 unspecified atom stereocenters. The molecule has 2 aromatic rings. The van der Waals surface area contributed by atoms with E-state index < -0.39 is 29.0 Å². The van der Waals surface area contributed by atoms with Crippen LogP contribution in [0.1, 0.15) is 41.6 Å². The summed E-state index contributed by atoms with van der Waals surface area (Å²) in [5, 5.41) is 2.65. The van der Waals surface area contributed by atoms with Crippen LogP contribution in [0.5, 0.6) is 0 Å². The minimum absolute atomic E-state index is 0.0452. The molecule has 1 heterocycles. The zero-order valence-electron chi connectivity index (χ0n) is 13.9. The van der Waals surface area contributed by atoms with Crippen LogP contribution >= 0.6 is 0 Å². The number of hydrogen-bond acceptors (Lipinski definition) is 2. The summed E-state index contributed by atoms with van der Waals surface area (Å²) in [6.45, 7) is 0.0452. The SMILES string of the molecule is O=C(NCC1(c2ccc(F)nc2)CCC(F)(F)CC1)c1ccccc1F. The Kier molecular flexibility index (Phi) is 4.98. The standard InChI is InChI=1S/C19H18F4N2O/c20-15-4-2-1-3-14(15)17(26)25-12-18(7-9-19(22,23)10-8-18)13-5-6-16(21)24-11-13/h1-6,11H,7-10,12H2,(H,25,26). The van der Waals surface area contributed by atoms with E-state index in [1.165, 1.54) is 36.5 Å². The molecule has 1 aliphatic rings. The Labute approximate surface area is 148 Å². The van der Waals surface area contributed by atoms with Gasteiger partial charge in [-0.15, -0.1) is 0 Å². The fourth-order valence-electron chi connectivity index (χ4n) is 3.34. The molecule has 0 spiro atoms. The quantitative estimate of drug-likeness (QED) is 0.650. The number of nitrogens with zero attached hydrogens (tertiary/aromatic N) is 1. The first-order valence-electron chi connectivity index (χ1n) is 8.34. The number of nitrogens with one attached hydrogen (secondary N) is 1. The average Bonchev–Trinajstić information content (AvgIpc) is 2.62. The Morgan fingerprint density at radius 3 is 2.35 bits per heavy atom. The number of carbonyl (C=O) groups is 1. The molecule has 1 aliphatic carbocycles. The second-order valence-corrected chi connectivity index (χ2v) is 6.67. The third-order valence-electron chi connectivity index (χ3n) is 4.98. The number of pyridine rings is 1. The summed E-state index contributed by atoms with van der Waals surface area (Å²) in [6, 6.07) is 8.21. The molecule has 26 heavy (non-hydrogen) atoms. The van der Waals surface area contributed by atoms with Crippen molar-refractivity contribution in [2.45, 2.75) is 37.0 Å². The van der Waals surface area contributed by atoms with Crippen molar-refractivity contribution >= 4 is 5.91 Å². The van der Waals surface area contributed by atoms with Crippen molar-refractivity contribution in [2.75, 3.05) is 6.54 Å².